The number of benzene rings is 4. The first kappa shape index (κ1) is 24.0. The molecule has 0 N–H and O–H groups in total. The molecule has 0 spiro atoms. The Morgan fingerprint density at radius 3 is 0.895 bits per heavy atom. The van der Waals surface area contributed by atoms with E-state index in [1.165, 1.54) is 43.0 Å². The minimum Gasteiger partial charge on any atom is -0.457 e. The molecule has 192 valence electrons. The SMILES string of the molecule is CC1(C)c2cccc3c2Oc2c1cccc2[Si](C)(C)c1cccc2c1Oc1c(cccc1[Si]3(C)C)C2(C)C. The van der Waals surface area contributed by atoms with Crippen molar-refractivity contribution in [3.8, 4) is 23.0 Å². The van der Waals surface area contributed by atoms with Gasteiger partial charge < -0.3 is 9.47 Å². The van der Waals surface area contributed by atoms with Gasteiger partial charge in [-0.25, -0.2) is 0 Å². The molecule has 0 radical (unpaired) electrons. The zero-order valence-electron chi connectivity index (χ0n) is 23.7. The lowest BCUT2D eigenvalue weighted by molar-refractivity contribution is 0.422. The second kappa shape index (κ2) is 7.31. The molecule has 0 amide bonds. The Hall–Kier alpha value is -3.09. The highest BCUT2D eigenvalue weighted by molar-refractivity contribution is 7.02. The molecule has 4 heteroatoms. The summed E-state index contributed by atoms with van der Waals surface area (Å²) in [6.07, 6.45) is 0. The fourth-order valence-electron chi connectivity index (χ4n) is 7.31. The molecule has 3 heterocycles. The second-order valence-electron chi connectivity index (χ2n) is 13.4. The average Bonchev–Trinajstić information content (AvgIpc) is 2.87. The van der Waals surface area contributed by atoms with Gasteiger partial charge in [-0.2, -0.15) is 0 Å². The molecule has 0 saturated carbocycles. The lowest BCUT2D eigenvalue weighted by Gasteiger charge is -2.43. The largest absolute Gasteiger partial charge is 0.457 e. The molecule has 4 aromatic carbocycles. The van der Waals surface area contributed by atoms with Crippen molar-refractivity contribution in [3.05, 3.63) is 95.1 Å². The molecular formula is C34H36O2Si2. The van der Waals surface area contributed by atoms with Crippen LogP contribution in [-0.4, -0.2) is 16.1 Å². The standard InChI is InChI=1S/C34H36O2Si2/c1-33(2)21-13-9-17-25-29(21)35-30-22(33)14-10-18-26(30)38(7,8)28-20-12-16-24-32(28)36-31-23(34(24,3)4)15-11-19-27(31)37(25,5)6/h9-20H,1-8H3. The number of rotatable bonds is 0. The zero-order valence-corrected chi connectivity index (χ0v) is 25.7. The van der Waals surface area contributed by atoms with Crippen LogP contribution in [0.1, 0.15) is 49.9 Å². The Balaban J connectivity index is 1.68. The van der Waals surface area contributed by atoms with Crippen LogP contribution in [0.2, 0.25) is 26.2 Å². The van der Waals surface area contributed by atoms with Gasteiger partial charge in [-0.05, 0) is 20.7 Å². The average molecular weight is 533 g/mol. The Bertz CT molecular complexity index is 1440. The van der Waals surface area contributed by atoms with E-state index >= 15 is 0 Å². The van der Waals surface area contributed by atoms with Crippen LogP contribution in [0.4, 0.5) is 0 Å². The third kappa shape index (κ3) is 2.83. The van der Waals surface area contributed by atoms with Gasteiger partial charge in [0.25, 0.3) is 0 Å². The van der Waals surface area contributed by atoms with Crippen LogP contribution in [-0.2, 0) is 10.8 Å². The molecule has 0 aliphatic carbocycles. The van der Waals surface area contributed by atoms with E-state index in [4.69, 9.17) is 9.47 Å². The summed E-state index contributed by atoms with van der Waals surface area (Å²) in [5.74, 6) is 4.28. The minimum absolute atomic E-state index is 0.154. The van der Waals surface area contributed by atoms with Crippen LogP contribution in [0.3, 0.4) is 0 Å². The highest BCUT2D eigenvalue weighted by Crippen LogP contribution is 2.50. The third-order valence-corrected chi connectivity index (χ3v) is 16.8. The molecule has 0 atom stereocenters. The topological polar surface area (TPSA) is 18.5 Å². The maximum absolute atomic E-state index is 7.16. The van der Waals surface area contributed by atoms with Gasteiger partial charge in [0.1, 0.15) is 39.1 Å². The van der Waals surface area contributed by atoms with Crippen LogP contribution in [0.15, 0.2) is 72.8 Å². The van der Waals surface area contributed by atoms with Crippen LogP contribution in [0.5, 0.6) is 23.0 Å². The molecule has 0 fully saturated rings. The zero-order chi connectivity index (χ0) is 26.8. The van der Waals surface area contributed by atoms with Crippen molar-refractivity contribution < 1.29 is 9.47 Å². The summed E-state index contributed by atoms with van der Waals surface area (Å²) in [4.78, 5) is 0. The van der Waals surface area contributed by atoms with Gasteiger partial charge in [0.15, 0.2) is 0 Å². The van der Waals surface area contributed by atoms with Crippen molar-refractivity contribution in [1.29, 1.82) is 0 Å². The van der Waals surface area contributed by atoms with E-state index in [0.29, 0.717) is 0 Å². The second-order valence-corrected chi connectivity index (χ2v) is 22.1. The number of hydrogen-bond acceptors (Lipinski definition) is 2. The molecule has 7 rings (SSSR count). The Morgan fingerprint density at radius 1 is 0.421 bits per heavy atom. The van der Waals surface area contributed by atoms with Crippen LogP contribution in [0.25, 0.3) is 0 Å². The lowest BCUT2D eigenvalue weighted by Crippen LogP contribution is -2.58. The molecule has 2 nitrogen and oxygen atoms in total. The predicted molar refractivity (Wildman–Crippen MR) is 164 cm³/mol. The minimum atomic E-state index is -2.25. The fraction of sp³-hybridized carbons (Fsp3) is 0.294. The summed E-state index contributed by atoms with van der Waals surface area (Å²) >= 11 is 0. The highest BCUT2D eigenvalue weighted by atomic mass is 28.3. The number of para-hydroxylation sites is 4. The van der Waals surface area contributed by atoms with E-state index in [0.717, 1.165) is 23.0 Å². The number of hydrogen-bond donors (Lipinski definition) is 0. The molecule has 3 aliphatic heterocycles. The van der Waals surface area contributed by atoms with E-state index in [9.17, 15) is 0 Å². The van der Waals surface area contributed by atoms with Gasteiger partial charge in [0.2, 0.25) is 0 Å². The van der Waals surface area contributed by atoms with Crippen molar-refractivity contribution in [2.75, 3.05) is 0 Å². The van der Waals surface area contributed by atoms with Gasteiger partial charge in [-0.1, -0.05) is 127 Å². The summed E-state index contributed by atoms with van der Waals surface area (Å²) in [5.41, 5.74) is 4.82. The molecule has 0 aromatic heterocycles. The van der Waals surface area contributed by atoms with Crippen LogP contribution in [0, 0.1) is 0 Å². The normalized spacial score (nSPS) is 19.8. The lowest BCUT2D eigenvalue weighted by atomic mass is 9.75. The smallest absolute Gasteiger partial charge is 0.131 e. The quantitative estimate of drug-likeness (QED) is 0.240. The van der Waals surface area contributed by atoms with E-state index in [2.05, 4.69) is 127 Å². The van der Waals surface area contributed by atoms with Crippen molar-refractivity contribution in [2.24, 2.45) is 0 Å². The molecule has 0 unspecified atom stereocenters. The van der Waals surface area contributed by atoms with Gasteiger partial charge >= 0.3 is 0 Å². The summed E-state index contributed by atoms with van der Waals surface area (Å²) in [6.45, 7) is 19.3. The van der Waals surface area contributed by atoms with Gasteiger partial charge in [-0.15, -0.1) is 0 Å². The molecule has 4 bridgehead atoms. The maximum atomic E-state index is 7.16. The van der Waals surface area contributed by atoms with Crippen molar-refractivity contribution in [3.63, 3.8) is 0 Å². The van der Waals surface area contributed by atoms with Crippen molar-refractivity contribution in [1.82, 2.24) is 0 Å². The first-order valence-corrected chi connectivity index (χ1v) is 19.8. The Labute approximate surface area is 228 Å². The van der Waals surface area contributed by atoms with Crippen LogP contribution < -0.4 is 30.2 Å². The highest BCUT2D eigenvalue weighted by Gasteiger charge is 2.47. The van der Waals surface area contributed by atoms with E-state index < -0.39 is 16.1 Å². The molecule has 4 aromatic rings. The van der Waals surface area contributed by atoms with Crippen molar-refractivity contribution in [2.45, 2.75) is 64.7 Å². The van der Waals surface area contributed by atoms with E-state index in [1.807, 2.05) is 0 Å². The summed E-state index contributed by atoms with van der Waals surface area (Å²) < 4.78 is 14.3. The van der Waals surface area contributed by atoms with E-state index in [1.54, 1.807) is 0 Å². The number of ether oxygens (including phenoxy) is 2. The van der Waals surface area contributed by atoms with Crippen molar-refractivity contribution >= 4 is 36.9 Å². The summed E-state index contributed by atoms with van der Waals surface area (Å²) in [5, 5.41) is 5.38. The molecule has 38 heavy (non-hydrogen) atoms. The van der Waals surface area contributed by atoms with Gasteiger partial charge in [0.05, 0.1) is 0 Å². The first-order chi connectivity index (χ1) is 17.9. The van der Waals surface area contributed by atoms with Crippen LogP contribution >= 0.6 is 0 Å². The van der Waals surface area contributed by atoms with E-state index in [-0.39, 0.29) is 10.8 Å². The third-order valence-electron chi connectivity index (χ3n) is 9.86. The predicted octanol–water partition coefficient (Wildman–Crippen LogP) is 6.51. The maximum Gasteiger partial charge on any atom is 0.131 e. The monoisotopic (exact) mass is 532 g/mol. The molecule has 3 aliphatic rings. The van der Waals surface area contributed by atoms with Gasteiger partial charge in [0, 0.05) is 33.1 Å². The first-order valence-electron chi connectivity index (χ1n) is 13.8. The molecule has 0 saturated heterocycles. The molecular weight excluding hydrogens is 497 g/mol. The summed E-state index contributed by atoms with van der Waals surface area (Å²) in [6, 6.07) is 27.3. The fourth-order valence-corrected chi connectivity index (χ4v) is 13.0. The Morgan fingerprint density at radius 2 is 0.658 bits per heavy atom. The Kier molecular flexibility index (Phi) is 4.61. The van der Waals surface area contributed by atoms with Gasteiger partial charge in [-0.3, -0.25) is 0 Å². The summed E-state index contributed by atoms with van der Waals surface area (Å²) in [7, 11) is -4.51.